The fourth-order valence-corrected chi connectivity index (χ4v) is 35.6. The van der Waals surface area contributed by atoms with Crippen molar-refractivity contribution in [2.45, 2.75) is 145 Å². The number of unbranched alkanes of at least 4 members (excludes halogenated alkanes) is 6. The quantitative estimate of drug-likeness (QED) is 0.0717. The Morgan fingerprint density at radius 1 is 0.424 bits per heavy atom. The molecule has 0 nitrogen and oxygen atoms in total. The Morgan fingerprint density at radius 2 is 0.667 bits per heavy atom. The van der Waals surface area contributed by atoms with Crippen LogP contribution >= 0.6 is 11.8 Å². The van der Waals surface area contributed by atoms with Crippen LogP contribution in [0.1, 0.15) is 119 Å². The van der Waals surface area contributed by atoms with Crippen molar-refractivity contribution in [2.75, 3.05) is 11.5 Å². The fraction of sp³-hybridized carbons (Fsp3) is 0.867. The molecule has 196 valence electrons. The standard InChI is InChI=1S/C6H8S.6C4H9.2Sn/c1-3-5-7-6-4-2;6*1-3-4-2;;/h1-4H,5-6H2;6*1,3-4H2,2H3;;. The van der Waals surface area contributed by atoms with E-state index >= 15 is 0 Å². The first-order valence-corrected chi connectivity index (χ1v) is 31.6. The third-order valence-corrected chi connectivity index (χ3v) is 36.9. The summed E-state index contributed by atoms with van der Waals surface area (Å²) in [6.07, 6.45) is 22.4. The second kappa shape index (κ2) is 23.8. The molecule has 0 atom stereocenters. The zero-order valence-corrected chi connectivity index (χ0v) is 30.4. The summed E-state index contributed by atoms with van der Waals surface area (Å²) in [7, 11) is 0. The molecule has 0 heterocycles. The van der Waals surface area contributed by atoms with Crippen LogP contribution in [0.15, 0.2) is 20.3 Å². The Labute approximate surface area is 223 Å². The van der Waals surface area contributed by atoms with Gasteiger partial charge in [-0.2, -0.15) is 0 Å². The molecule has 3 heteroatoms. The van der Waals surface area contributed by atoms with Gasteiger partial charge in [0.1, 0.15) is 0 Å². The molecule has 0 rings (SSSR count). The Hall–Kier alpha value is 1.43. The van der Waals surface area contributed by atoms with Gasteiger partial charge in [-0.1, -0.05) is 0 Å². The van der Waals surface area contributed by atoms with Gasteiger partial charge in [0, 0.05) is 0 Å². The summed E-state index contributed by atoms with van der Waals surface area (Å²) in [5, 5.41) is 0. The van der Waals surface area contributed by atoms with Gasteiger partial charge in [-0.25, -0.2) is 0 Å². The second-order valence-corrected chi connectivity index (χ2v) is 37.8. The summed E-state index contributed by atoms with van der Waals surface area (Å²) < 4.78 is 15.4. The summed E-state index contributed by atoms with van der Waals surface area (Å²) in [5.74, 6) is 2.49. The van der Waals surface area contributed by atoms with Gasteiger partial charge in [0.25, 0.3) is 0 Å². The molecule has 0 bridgehead atoms. The van der Waals surface area contributed by atoms with Gasteiger partial charge in [0.15, 0.2) is 0 Å². The van der Waals surface area contributed by atoms with Crippen LogP contribution in [0.5, 0.6) is 0 Å². The third kappa shape index (κ3) is 17.5. The molecule has 0 aromatic rings. The van der Waals surface area contributed by atoms with Crippen molar-refractivity contribution in [2.24, 2.45) is 0 Å². The molecule has 0 amide bonds. The van der Waals surface area contributed by atoms with Gasteiger partial charge >= 0.3 is 226 Å². The molecule has 0 aromatic carbocycles. The fourth-order valence-electron chi connectivity index (χ4n) is 5.22. The summed E-state index contributed by atoms with van der Waals surface area (Å²) in [6, 6.07) is 0. The number of hydrogen-bond acceptors (Lipinski definition) is 1. The SMILES string of the molecule is CCC[CH2][Sn](/[CH]=C/CSC/C=[CH]/[Sn]([CH2]CCC)([CH2]CCC)[CH2]CCC)([CH2]CCC)[CH2]CCC. The van der Waals surface area contributed by atoms with Gasteiger partial charge in [-0.3, -0.25) is 0 Å². The van der Waals surface area contributed by atoms with Crippen LogP contribution in [0.2, 0.25) is 26.6 Å². The van der Waals surface area contributed by atoms with Crippen molar-refractivity contribution in [1.82, 2.24) is 0 Å². The predicted molar refractivity (Wildman–Crippen MR) is 165 cm³/mol. The van der Waals surface area contributed by atoms with Gasteiger partial charge in [0.2, 0.25) is 0 Å². The molecular formula is C30H62SSn2. The summed E-state index contributed by atoms with van der Waals surface area (Å²) >= 11 is -1.96. The maximum atomic E-state index is 2.87. The zero-order valence-electron chi connectivity index (χ0n) is 23.9. The Morgan fingerprint density at radius 3 is 0.879 bits per heavy atom. The molecule has 0 radical (unpaired) electrons. The van der Waals surface area contributed by atoms with E-state index in [9.17, 15) is 0 Å². The van der Waals surface area contributed by atoms with E-state index in [1.54, 1.807) is 26.6 Å². The molecular weight excluding hydrogens is 630 g/mol. The normalized spacial score (nSPS) is 13.0. The van der Waals surface area contributed by atoms with Crippen molar-refractivity contribution in [3.05, 3.63) is 20.3 Å². The van der Waals surface area contributed by atoms with Crippen LogP contribution in [-0.4, -0.2) is 48.3 Å². The molecule has 0 spiro atoms. The third-order valence-electron chi connectivity index (χ3n) is 7.54. The van der Waals surface area contributed by atoms with Crippen LogP contribution in [0.3, 0.4) is 0 Å². The number of rotatable bonds is 24. The Bertz CT molecular complexity index is 386. The monoisotopic (exact) mass is 694 g/mol. The van der Waals surface area contributed by atoms with Crippen molar-refractivity contribution < 1.29 is 0 Å². The van der Waals surface area contributed by atoms with Crippen molar-refractivity contribution in [1.29, 1.82) is 0 Å². The van der Waals surface area contributed by atoms with E-state index in [1.807, 2.05) is 0 Å². The molecule has 0 aliphatic rings. The minimum absolute atomic E-state index is 1.24. The summed E-state index contributed by atoms with van der Waals surface area (Å²) in [6.45, 7) is 14.3. The summed E-state index contributed by atoms with van der Waals surface area (Å²) in [4.78, 5) is 0. The molecule has 0 fully saturated rings. The maximum absolute atomic E-state index is 2.87. The Kier molecular flexibility index (Phi) is 24.8. The van der Waals surface area contributed by atoms with E-state index in [4.69, 9.17) is 0 Å². The average Bonchev–Trinajstić information content (AvgIpc) is 2.84. The molecule has 33 heavy (non-hydrogen) atoms. The minimum atomic E-state index is -2.06. The van der Waals surface area contributed by atoms with E-state index in [0.717, 1.165) is 0 Å². The van der Waals surface area contributed by atoms with E-state index in [1.165, 1.54) is 88.6 Å². The second-order valence-electron chi connectivity index (χ2n) is 10.7. The first-order chi connectivity index (χ1) is 16.1. The van der Waals surface area contributed by atoms with Crippen LogP contribution in [-0.2, 0) is 0 Å². The van der Waals surface area contributed by atoms with Gasteiger partial charge < -0.3 is 0 Å². The van der Waals surface area contributed by atoms with Gasteiger partial charge in [-0.15, -0.1) is 0 Å². The first-order valence-electron chi connectivity index (χ1n) is 15.0. The zero-order chi connectivity index (χ0) is 24.7. The predicted octanol–water partition coefficient (Wildman–Crippen LogP) is 11.6. The number of hydrogen-bond donors (Lipinski definition) is 0. The molecule has 0 N–H and O–H groups in total. The molecule has 0 aromatic heterocycles. The Balaban J connectivity index is 4.96. The van der Waals surface area contributed by atoms with E-state index < -0.39 is 36.8 Å². The van der Waals surface area contributed by atoms with Crippen LogP contribution < -0.4 is 0 Å². The topological polar surface area (TPSA) is 0 Å². The number of thioether (sulfide) groups is 1. The summed E-state index contributed by atoms with van der Waals surface area (Å²) in [5.41, 5.74) is 0. The molecule has 0 unspecified atom stereocenters. The van der Waals surface area contributed by atoms with Crippen molar-refractivity contribution in [3.8, 4) is 0 Å². The molecule has 0 saturated carbocycles. The average molecular weight is 692 g/mol. The van der Waals surface area contributed by atoms with Gasteiger partial charge in [-0.05, 0) is 0 Å². The van der Waals surface area contributed by atoms with E-state index in [-0.39, 0.29) is 0 Å². The van der Waals surface area contributed by atoms with Crippen LogP contribution in [0, 0.1) is 0 Å². The van der Waals surface area contributed by atoms with E-state index in [2.05, 4.69) is 73.6 Å². The molecule has 0 aliphatic carbocycles. The molecule has 0 aliphatic heterocycles. The van der Waals surface area contributed by atoms with Crippen molar-refractivity contribution in [3.63, 3.8) is 0 Å². The molecule has 0 saturated heterocycles. The van der Waals surface area contributed by atoms with Crippen LogP contribution in [0.25, 0.3) is 0 Å². The van der Waals surface area contributed by atoms with Gasteiger partial charge in [0.05, 0.1) is 0 Å². The van der Waals surface area contributed by atoms with Crippen LogP contribution in [0.4, 0.5) is 0 Å². The first kappa shape index (κ1) is 34.4. The van der Waals surface area contributed by atoms with Crippen molar-refractivity contribution >= 4 is 48.5 Å². The van der Waals surface area contributed by atoms with E-state index in [0.29, 0.717) is 0 Å².